The first kappa shape index (κ1) is 22.1. The van der Waals surface area contributed by atoms with Crippen LogP contribution in [0.4, 0.5) is 0 Å². The van der Waals surface area contributed by atoms with Crippen molar-refractivity contribution >= 4 is 17.7 Å². The number of aryl methyl sites for hydroxylation is 1. The van der Waals surface area contributed by atoms with Gasteiger partial charge in [-0.05, 0) is 25.7 Å². The Morgan fingerprint density at radius 3 is 2.36 bits per heavy atom. The molecule has 1 aromatic rings. The zero-order valence-corrected chi connectivity index (χ0v) is 17.6. The Balaban J connectivity index is 2.05. The molecule has 1 aliphatic rings. The topological polar surface area (TPSA) is 63.7 Å². The van der Waals surface area contributed by atoms with E-state index in [4.69, 9.17) is 4.74 Å². The van der Waals surface area contributed by atoms with Crippen LogP contribution < -0.4 is 0 Å². The molecule has 3 unspecified atom stereocenters. The number of carbonyl (C=O) groups excluding carboxylic acids is 3. The quantitative estimate of drug-likeness (QED) is 0.496. The molecule has 2 rings (SSSR count). The van der Waals surface area contributed by atoms with Gasteiger partial charge in [0, 0.05) is 31.0 Å². The number of hydrogen-bond donors (Lipinski definition) is 0. The van der Waals surface area contributed by atoms with Crippen LogP contribution in [0.5, 0.6) is 0 Å². The highest BCUT2D eigenvalue weighted by molar-refractivity contribution is 5.98. The van der Waals surface area contributed by atoms with Gasteiger partial charge in [0.25, 0.3) is 0 Å². The third-order valence-corrected chi connectivity index (χ3v) is 5.80. The van der Waals surface area contributed by atoms with Crippen LogP contribution in [0.2, 0.25) is 0 Å². The molecule has 1 saturated carbocycles. The number of methoxy groups -OCH3 is 1. The molecule has 154 valence electrons. The van der Waals surface area contributed by atoms with E-state index in [1.165, 1.54) is 13.5 Å². The first-order valence-corrected chi connectivity index (χ1v) is 10.3. The maximum Gasteiger partial charge on any atom is 0.310 e. The van der Waals surface area contributed by atoms with Crippen LogP contribution in [0.25, 0.3) is 0 Å². The highest BCUT2D eigenvalue weighted by Gasteiger charge is 2.32. The van der Waals surface area contributed by atoms with Gasteiger partial charge < -0.3 is 9.64 Å². The van der Waals surface area contributed by atoms with Crippen LogP contribution in [0.1, 0.15) is 68.3 Å². The fourth-order valence-electron chi connectivity index (χ4n) is 4.00. The van der Waals surface area contributed by atoms with E-state index in [0.29, 0.717) is 18.0 Å². The highest BCUT2D eigenvalue weighted by atomic mass is 16.5. The normalized spacial score (nSPS) is 20.3. The average molecular weight is 388 g/mol. The van der Waals surface area contributed by atoms with Crippen LogP contribution in [0.15, 0.2) is 24.3 Å². The third kappa shape index (κ3) is 5.91. The summed E-state index contributed by atoms with van der Waals surface area (Å²) in [5, 5.41) is 0. The van der Waals surface area contributed by atoms with Crippen molar-refractivity contribution in [3.8, 4) is 0 Å². The Bertz CT molecular complexity index is 682. The summed E-state index contributed by atoms with van der Waals surface area (Å²) in [5.41, 5.74) is 1.74. The van der Waals surface area contributed by atoms with Gasteiger partial charge in [0.05, 0.1) is 13.0 Å². The van der Waals surface area contributed by atoms with E-state index in [1.807, 2.05) is 36.1 Å². The summed E-state index contributed by atoms with van der Waals surface area (Å²) in [7, 11) is 1.37. The van der Waals surface area contributed by atoms with Gasteiger partial charge in [-0.25, -0.2) is 0 Å². The molecule has 0 spiro atoms. The lowest BCUT2D eigenvalue weighted by atomic mass is 9.84. The third-order valence-electron chi connectivity index (χ3n) is 5.80. The second-order valence-electron chi connectivity index (χ2n) is 8.09. The van der Waals surface area contributed by atoms with E-state index in [2.05, 4.69) is 6.92 Å². The van der Waals surface area contributed by atoms with Crippen LogP contribution in [0.3, 0.4) is 0 Å². The van der Waals surface area contributed by atoms with E-state index in [1.54, 1.807) is 6.92 Å². The maximum atomic E-state index is 13.0. The summed E-state index contributed by atoms with van der Waals surface area (Å²) in [6.07, 6.45) is 4.66. The predicted molar refractivity (Wildman–Crippen MR) is 109 cm³/mol. The van der Waals surface area contributed by atoms with Gasteiger partial charge in [-0.2, -0.15) is 0 Å². The van der Waals surface area contributed by atoms with Crippen molar-refractivity contribution in [3.63, 3.8) is 0 Å². The molecule has 0 aromatic heterocycles. The summed E-state index contributed by atoms with van der Waals surface area (Å²) in [6, 6.07) is 7.56. The van der Waals surface area contributed by atoms with Gasteiger partial charge in [-0.15, -0.1) is 0 Å². The van der Waals surface area contributed by atoms with Crippen molar-refractivity contribution in [1.82, 2.24) is 4.90 Å². The molecular formula is C23H33NO4. The zero-order valence-electron chi connectivity index (χ0n) is 17.6. The largest absolute Gasteiger partial charge is 0.469 e. The number of Topliss-reactive ketones (excluding diaryl/α,β-unsaturated/α-hetero) is 1. The Labute approximate surface area is 168 Å². The van der Waals surface area contributed by atoms with E-state index in [-0.39, 0.29) is 42.5 Å². The maximum absolute atomic E-state index is 13.0. The van der Waals surface area contributed by atoms with Gasteiger partial charge in [0.2, 0.25) is 5.91 Å². The number of amides is 1. The lowest BCUT2D eigenvalue weighted by Gasteiger charge is -2.39. The number of hydrogen-bond acceptors (Lipinski definition) is 4. The van der Waals surface area contributed by atoms with Gasteiger partial charge in [0.15, 0.2) is 5.78 Å². The molecule has 5 nitrogen and oxygen atoms in total. The summed E-state index contributed by atoms with van der Waals surface area (Å²) in [5.74, 6) is -0.357. The lowest BCUT2D eigenvalue weighted by molar-refractivity contribution is -0.147. The second kappa shape index (κ2) is 10.4. The van der Waals surface area contributed by atoms with E-state index in [0.717, 1.165) is 24.8 Å². The summed E-state index contributed by atoms with van der Waals surface area (Å²) in [6.45, 7) is 6.28. The predicted octanol–water partition coefficient (Wildman–Crippen LogP) is 4.17. The van der Waals surface area contributed by atoms with Gasteiger partial charge in [-0.3, -0.25) is 14.4 Å². The Morgan fingerprint density at radius 2 is 1.75 bits per heavy atom. The molecule has 1 amide bonds. The van der Waals surface area contributed by atoms with Crippen molar-refractivity contribution in [2.24, 2.45) is 11.8 Å². The molecule has 0 aliphatic heterocycles. The average Bonchev–Trinajstić information content (AvgIpc) is 2.70. The number of ketones is 1. The first-order valence-electron chi connectivity index (χ1n) is 10.3. The number of nitrogens with zero attached hydrogens (tertiary/aromatic N) is 1. The molecule has 0 heterocycles. The minimum atomic E-state index is -0.379. The van der Waals surface area contributed by atoms with Gasteiger partial charge in [0.1, 0.15) is 0 Å². The van der Waals surface area contributed by atoms with Crippen LogP contribution in [0, 0.1) is 18.8 Å². The first-order chi connectivity index (χ1) is 13.3. The molecule has 0 N–H and O–H groups in total. The van der Waals surface area contributed by atoms with Crippen molar-refractivity contribution in [1.29, 1.82) is 0 Å². The molecule has 1 fully saturated rings. The number of ether oxygens (including phenoxy) is 1. The van der Waals surface area contributed by atoms with Crippen molar-refractivity contribution < 1.29 is 19.1 Å². The van der Waals surface area contributed by atoms with Gasteiger partial charge in [-0.1, -0.05) is 56.5 Å². The summed E-state index contributed by atoms with van der Waals surface area (Å²) < 4.78 is 4.84. The molecule has 1 aromatic carbocycles. The standard InChI is InChI=1S/C23H33NO4/c1-16-9-11-19(12-10-16)21(25)13-14-22(26)24(15-18(3)23(27)28-4)20-8-6-5-7-17(20)2/h9-12,17-18,20H,5-8,13-15H2,1-4H3. The van der Waals surface area contributed by atoms with Crippen LogP contribution in [-0.2, 0) is 14.3 Å². The highest BCUT2D eigenvalue weighted by Crippen LogP contribution is 2.29. The fourth-order valence-corrected chi connectivity index (χ4v) is 4.00. The summed E-state index contributed by atoms with van der Waals surface area (Å²) in [4.78, 5) is 39.2. The molecule has 3 atom stereocenters. The lowest BCUT2D eigenvalue weighted by Crippen LogP contribution is -2.48. The Hall–Kier alpha value is -2.17. The SMILES string of the molecule is COC(=O)C(C)CN(C(=O)CCC(=O)c1ccc(C)cc1)C1CCCCC1C. The van der Waals surface area contributed by atoms with Crippen LogP contribution in [-0.4, -0.2) is 42.3 Å². The molecule has 0 bridgehead atoms. The number of carbonyl (C=O) groups is 3. The van der Waals surface area contributed by atoms with Crippen molar-refractivity contribution in [2.45, 2.75) is 65.3 Å². The summed E-state index contributed by atoms with van der Waals surface area (Å²) >= 11 is 0. The van der Waals surface area contributed by atoms with E-state index < -0.39 is 0 Å². The molecular weight excluding hydrogens is 354 g/mol. The number of esters is 1. The number of rotatable bonds is 8. The fraction of sp³-hybridized carbons (Fsp3) is 0.609. The molecule has 1 aliphatic carbocycles. The smallest absolute Gasteiger partial charge is 0.310 e. The minimum absolute atomic E-state index is 0.0222. The minimum Gasteiger partial charge on any atom is -0.469 e. The van der Waals surface area contributed by atoms with Crippen molar-refractivity contribution in [3.05, 3.63) is 35.4 Å². The molecule has 5 heteroatoms. The van der Waals surface area contributed by atoms with Crippen LogP contribution >= 0.6 is 0 Å². The monoisotopic (exact) mass is 387 g/mol. The Kier molecular flexibility index (Phi) is 8.21. The van der Waals surface area contributed by atoms with E-state index >= 15 is 0 Å². The van der Waals surface area contributed by atoms with E-state index in [9.17, 15) is 14.4 Å². The zero-order chi connectivity index (χ0) is 20.7. The number of benzene rings is 1. The second-order valence-corrected chi connectivity index (χ2v) is 8.09. The van der Waals surface area contributed by atoms with Gasteiger partial charge >= 0.3 is 5.97 Å². The molecule has 0 saturated heterocycles. The molecule has 0 radical (unpaired) electrons. The Morgan fingerprint density at radius 1 is 1.11 bits per heavy atom. The molecule has 28 heavy (non-hydrogen) atoms. The van der Waals surface area contributed by atoms with Crippen molar-refractivity contribution in [2.75, 3.05) is 13.7 Å².